The molecule has 2 N–H and O–H groups in total. The number of halogens is 1. The van der Waals surface area contributed by atoms with Crippen LogP contribution in [0.4, 0.5) is 0 Å². The van der Waals surface area contributed by atoms with Gasteiger partial charge in [-0.2, -0.15) is 0 Å². The highest BCUT2D eigenvalue weighted by Gasteiger charge is 2.31. The molecule has 0 unspecified atom stereocenters. The maximum absolute atomic E-state index is 12.4. The molecule has 1 heterocycles. The zero-order valence-corrected chi connectivity index (χ0v) is 11.8. The first-order valence-electron chi connectivity index (χ1n) is 6.26. The SMILES string of the molecule is O=C1Oc2ccc(Cl)cc2C(=O)/C1=C/c1cccc(O)c1O. The van der Waals surface area contributed by atoms with E-state index in [9.17, 15) is 19.8 Å². The summed E-state index contributed by atoms with van der Waals surface area (Å²) in [7, 11) is 0. The average Bonchev–Trinajstić information content (AvgIpc) is 2.48. The van der Waals surface area contributed by atoms with Gasteiger partial charge in [0.1, 0.15) is 11.3 Å². The number of hydrogen-bond donors (Lipinski definition) is 2. The minimum atomic E-state index is -0.831. The van der Waals surface area contributed by atoms with Gasteiger partial charge in [-0.05, 0) is 30.3 Å². The Morgan fingerprint density at radius 1 is 1.09 bits per heavy atom. The smallest absolute Gasteiger partial charge is 0.347 e. The molecule has 3 rings (SSSR count). The fourth-order valence-corrected chi connectivity index (χ4v) is 2.28. The number of ether oxygens (including phenoxy) is 1. The third kappa shape index (κ3) is 2.31. The Hall–Kier alpha value is -2.79. The second-order valence-electron chi connectivity index (χ2n) is 4.63. The van der Waals surface area contributed by atoms with Gasteiger partial charge in [-0.25, -0.2) is 4.79 Å². The molecule has 0 aliphatic carbocycles. The van der Waals surface area contributed by atoms with Crippen LogP contribution in [0.2, 0.25) is 5.02 Å². The average molecular weight is 317 g/mol. The molecule has 0 amide bonds. The maximum atomic E-state index is 12.4. The molecule has 1 aliphatic rings. The van der Waals surface area contributed by atoms with Crippen LogP contribution in [0.1, 0.15) is 15.9 Å². The first kappa shape index (κ1) is 14.2. The van der Waals surface area contributed by atoms with Crippen LogP contribution in [0.3, 0.4) is 0 Å². The topological polar surface area (TPSA) is 83.8 Å². The van der Waals surface area contributed by atoms with E-state index in [1.807, 2.05) is 0 Å². The summed E-state index contributed by atoms with van der Waals surface area (Å²) in [5, 5.41) is 19.6. The van der Waals surface area contributed by atoms with E-state index in [1.54, 1.807) is 0 Å². The Kier molecular flexibility index (Phi) is 3.35. The highest BCUT2D eigenvalue weighted by molar-refractivity contribution is 6.33. The Balaban J connectivity index is 2.12. The molecule has 2 aromatic carbocycles. The predicted octanol–water partition coefficient (Wildman–Crippen LogP) is 2.94. The molecule has 0 spiro atoms. The number of fused-ring (bicyclic) bond motifs is 1. The second kappa shape index (κ2) is 5.20. The number of rotatable bonds is 1. The number of phenolic OH excluding ortho intramolecular Hbond substituents is 2. The van der Waals surface area contributed by atoms with Crippen LogP contribution in [-0.2, 0) is 4.79 Å². The molecule has 0 saturated heterocycles. The number of hydrogen-bond acceptors (Lipinski definition) is 5. The molecule has 0 saturated carbocycles. The summed E-state index contributed by atoms with van der Waals surface area (Å²) in [6, 6.07) is 8.57. The summed E-state index contributed by atoms with van der Waals surface area (Å²) in [5.41, 5.74) is 0.0411. The molecular weight excluding hydrogens is 308 g/mol. The summed E-state index contributed by atoms with van der Waals surface area (Å²) in [6.07, 6.45) is 1.17. The quantitative estimate of drug-likeness (QED) is 0.278. The van der Waals surface area contributed by atoms with Crippen molar-refractivity contribution < 1.29 is 24.5 Å². The molecule has 22 heavy (non-hydrogen) atoms. The summed E-state index contributed by atoms with van der Waals surface area (Å²) in [5.74, 6) is -2.03. The van der Waals surface area contributed by atoms with Gasteiger partial charge in [0.15, 0.2) is 11.5 Å². The minimum Gasteiger partial charge on any atom is -0.504 e. The lowest BCUT2D eigenvalue weighted by atomic mass is 9.97. The summed E-state index contributed by atoms with van der Waals surface area (Å²) >= 11 is 5.85. The lowest BCUT2D eigenvalue weighted by Gasteiger charge is -2.17. The van der Waals surface area contributed by atoms with Crippen molar-refractivity contribution in [2.24, 2.45) is 0 Å². The standard InChI is InChI=1S/C16H9ClO5/c17-9-4-5-13-10(7-9)15(20)11(16(21)22-13)6-8-2-1-3-12(18)14(8)19/h1-7,18-19H/b11-6-. The molecule has 0 fully saturated rings. The third-order valence-corrected chi connectivity index (χ3v) is 3.43. The number of ketones is 1. The van der Waals surface area contributed by atoms with Crippen LogP contribution in [0.5, 0.6) is 17.2 Å². The number of phenols is 2. The van der Waals surface area contributed by atoms with Crippen LogP contribution < -0.4 is 4.74 Å². The van der Waals surface area contributed by atoms with E-state index in [1.165, 1.54) is 42.5 Å². The molecule has 1 aliphatic heterocycles. The Labute approximate surface area is 130 Å². The number of carbonyl (C=O) groups is 2. The molecule has 6 heteroatoms. The number of benzene rings is 2. The number of Topliss-reactive ketones (excluding diaryl/α,β-unsaturated/α-hetero) is 1. The van der Waals surface area contributed by atoms with E-state index < -0.39 is 17.5 Å². The predicted molar refractivity (Wildman–Crippen MR) is 79.2 cm³/mol. The number of esters is 1. The van der Waals surface area contributed by atoms with Gasteiger partial charge in [-0.1, -0.05) is 23.7 Å². The van der Waals surface area contributed by atoms with E-state index in [0.29, 0.717) is 5.02 Å². The van der Waals surface area contributed by atoms with Gasteiger partial charge in [0.2, 0.25) is 5.78 Å². The Morgan fingerprint density at radius 3 is 2.64 bits per heavy atom. The van der Waals surface area contributed by atoms with Gasteiger partial charge in [-0.3, -0.25) is 4.79 Å². The van der Waals surface area contributed by atoms with E-state index in [-0.39, 0.29) is 28.2 Å². The van der Waals surface area contributed by atoms with Crippen LogP contribution in [-0.4, -0.2) is 22.0 Å². The van der Waals surface area contributed by atoms with Gasteiger partial charge in [0.05, 0.1) is 5.56 Å². The van der Waals surface area contributed by atoms with Crippen molar-refractivity contribution in [3.63, 3.8) is 0 Å². The molecule has 0 aromatic heterocycles. The normalized spacial score (nSPS) is 15.6. The van der Waals surface area contributed by atoms with Gasteiger partial charge < -0.3 is 14.9 Å². The Morgan fingerprint density at radius 2 is 1.86 bits per heavy atom. The molecular formula is C16H9ClO5. The van der Waals surface area contributed by atoms with E-state index >= 15 is 0 Å². The second-order valence-corrected chi connectivity index (χ2v) is 5.07. The van der Waals surface area contributed by atoms with E-state index in [2.05, 4.69) is 0 Å². The zero-order chi connectivity index (χ0) is 15.9. The minimum absolute atomic E-state index is 0.130. The third-order valence-electron chi connectivity index (χ3n) is 3.20. The summed E-state index contributed by atoms with van der Waals surface area (Å²) in [6.45, 7) is 0. The number of aromatic hydroxyl groups is 2. The number of carbonyl (C=O) groups excluding carboxylic acids is 2. The Bertz CT molecular complexity index is 838. The first-order valence-corrected chi connectivity index (χ1v) is 6.64. The molecule has 0 radical (unpaired) electrons. The summed E-state index contributed by atoms with van der Waals surface area (Å²) < 4.78 is 5.08. The van der Waals surface area contributed by atoms with Crippen molar-refractivity contribution in [1.29, 1.82) is 0 Å². The monoisotopic (exact) mass is 316 g/mol. The molecule has 2 aromatic rings. The fourth-order valence-electron chi connectivity index (χ4n) is 2.11. The van der Waals surface area contributed by atoms with E-state index in [0.717, 1.165) is 0 Å². The molecule has 110 valence electrons. The lowest BCUT2D eigenvalue weighted by Crippen LogP contribution is -2.25. The van der Waals surface area contributed by atoms with Crippen LogP contribution in [0.25, 0.3) is 6.08 Å². The maximum Gasteiger partial charge on any atom is 0.347 e. The van der Waals surface area contributed by atoms with E-state index in [4.69, 9.17) is 16.3 Å². The zero-order valence-electron chi connectivity index (χ0n) is 11.0. The first-order chi connectivity index (χ1) is 10.5. The van der Waals surface area contributed by atoms with Crippen LogP contribution >= 0.6 is 11.6 Å². The lowest BCUT2D eigenvalue weighted by molar-refractivity contribution is -0.130. The van der Waals surface area contributed by atoms with Crippen molar-refractivity contribution in [2.45, 2.75) is 0 Å². The van der Waals surface area contributed by atoms with Crippen molar-refractivity contribution in [2.75, 3.05) is 0 Å². The van der Waals surface area contributed by atoms with Gasteiger partial charge in [-0.15, -0.1) is 0 Å². The molecule has 0 atom stereocenters. The van der Waals surface area contributed by atoms with Crippen molar-refractivity contribution >= 4 is 29.4 Å². The van der Waals surface area contributed by atoms with Crippen molar-refractivity contribution in [3.05, 3.63) is 58.1 Å². The number of para-hydroxylation sites is 1. The van der Waals surface area contributed by atoms with Gasteiger partial charge >= 0.3 is 5.97 Å². The van der Waals surface area contributed by atoms with Gasteiger partial charge in [0.25, 0.3) is 0 Å². The van der Waals surface area contributed by atoms with Gasteiger partial charge in [0, 0.05) is 10.6 Å². The summed E-state index contributed by atoms with van der Waals surface area (Å²) in [4.78, 5) is 24.4. The van der Waals surface area contributed by atoms with Crippen molar-refractivity contribution in [1.82, 2.24) is 0 Å². The fraction of sp³-hybridized carbons (Fsp3) is 0. The van der Waals surface area contributed by atoms with Crippen LogP contribution in [0.15, 0.2) is 42.0 Å². The molecule has 5 nitrogen and oxygen atoms in total. The van der Waals surface area contributed by atoms with Crippen LogP contribution in [0, 0.1) is 0 Å². The highest BCUT2D eigenvalue weighted by atomic mass is 35.5. The molecule has 0 bridgehead atoms. The van der Waals surface area contributed by atoms with Crippen molar-refractivity contribution in [3.8, 4) is 17.2 Å². The largest absolute Gasteiger partial charge is 0.504 e. The highest BCUT2D eigenvalue weighted by Crippen LogP contribution is 2.34.